The number of hydrazine groups is 2. The highest BCUT2D eigenvalue weighted by Gasteiger charge is 2.55. The Labute approximate surface area is 533 Å². The van der Waals surface area contributed by atoms with E-state index in [9.17, 15) is 9.59 Å². The van der Waals surface area contributed by atoms with Crippen LogP contribution in [0.1, 0.15) is 90.6 Å². The standard InChI is InChI=1S/C70H63N9O8S3/c1-45-40-56(79-55(71-45)41-77(76-79)68(84)86-61(48-30-16-7-17-31-48)49-32-18-8-19-33-49)88-42-50-43-89-64-58(63(81)78(64)59(50)65(82)85-60(46-26-12-5-13-27-46)47-28-14-6-15-29-47)73-62(80)57(74-67(83)87-69(2,3)4)54-44-90-66(72-54)75-70(51-34-20-9-21-35-51,52-36-22-10-23-37-52)53-38-24-11-25-39-53/h5-41,44,57-58,60-61,64,76H,42-43H2,1-4H3,(H,72,75)(H,73,80)(H,74,83)/t57?,58-,64-/m1/s1. The predicted molar refractivity (Wildman–Crippen MR) is 350 cm³/mol. The third-order valence-corrected chi connectivity index (χ3v) is 18.4. The summed E-state index contributed by atoms with van der Waals surface area (Å²) in [6.45, 7) is 7.00. The first kappa shape index (κ1) is 60.6. The third-order valence-electron chi connectivity index (χ3n) is 15.2. The molecule has 0 aliphatic carbocycles. The number of benzene rings is 7. The van der Waals surface area contributed by atoms with Crippen molar-refractivity contribution < 1.29 is 38.2 Å². The van der Waals surface area contributed by atoms with Gasteiger partial charge < -0.3 is 30.2 Å². The molecule has 0 bridgehead atoms. The molecule has 454 valence electrons. The Hall–Kier alpha value is -9.73. The molecule has 0 saturated carbocycles. The number of amides is 4. The molecule has 1 unspecified atom stereocenters. The van der Waals surface area contributed by atoms with Gasteiger partial charge in [0.1, 0.15) is 28.3 Å². The van der Waals surface area contributed by atoms with E-state index in [0.717, 1.165) is 27.8 Å². The van der Waals surface area contributed by atoms with Crippen LogP contribution in [-0.2, 0) is 34.1 Å². The topological polar surface area (TPSA) is 196 Å². The number of carbonyl (C=O) groups excluding carboxylic acids is 5. The molecule has 4 amide bonds. The molecule has 4 N–H and O–H groups in total. The zero-order chi connectivity index (χ0) is 62.4. The molecule has 1 aromatic heterocycles. The molecule has 5 heterocycles. The number of esters is 1. The number of thiazole rings is 1. The number of rotatable bonds is 19. The highest BCUT2D eigenvalue weighted by Crippen LogP contribution is 2.45. The average molecular weight is 1250 g/mol. The zero-order valence-corrected chi connectivity index (χ0v) is 51.9. The van der Waals surface area contributed by atoms with Gasteiger partial charge in [-0.05, 0) is 78.3 Å². The van der Waals surface area contributed by atoms with Gasteiger partial charge in [0.2, 0.25) is 5.91 Å². The van der Waals surface area contributed by atoms with Gasteiger partial charge in [0.15, 0.2) is 29.2 Å². The number of aromatic nitrogens is 1. The first-order chi connectivity index (χ1) is 43.7. The number of carbonyl (C=O) groups is 5. The highest BCUT2D eigenvalue weighted by molar-refractivity contribution is 8.03. The van der Waals surface area contributed by atoms with Crippen LogP contribution in [0.2, 0.25) is 0 Å². The van der Waals surface area contributed by atoms with Crippen molar-refractivity contribution in [1.82, 2.24) is 36.1 Å². The molecular weight excluding hydrogens is 1190 g/mol. The fourth-order valence-electron chi connectivity index (χ4n) is 11.0. The van der Waals surface area contributed by atoms with Crippen molar-refractivity contribution >= 4 is 75.7 Å². The summed E-state index contributed by atoms with van der Waals surface area (Å²) in [5, 5.41) is 14.4. The Morgan fingerprint density at radius 1 is 0.689 bits per heavy atom. The van der Waals surface area contributed by atoms with Crippen molar-refractivity contribution in [1.29, 1.82) is 0 Å². The van der Waals surface area contributed by atoms with Gasteiger partial charge in [-0.15, -0.1) is 40.4 Å². The van der Waals surface area contributed by atoms with Crippen molar-refractivity contribution in [3.05, 3.63) is 297 Å². The van der Waals surface area contributed by atoms with Gasteiger partial charge in [-0.25, -0.2) is 29.4 Å². The van der Waals surface area contributed by atoms with E-state index in [-0.39, 0.29) is 22.9 Å². The number of fused-ring (bicyclic) bond motifs is 2. The molecule has 4 aliphatic rings. The van der Waals surface area contributed by atoms with Crippen molar-refractivity contribution in [2.75, 3.05) is 16.8 Å². The second kappa shape index (κ2) is 26.5. The van der Waals surface area contributed by atoms with E-state index < -0.39 is 70.8 Å². The maximum atomic E-state index is 15.3. The molecule has 7 aromatic carbocycles. The first-order valence-electron chi connectivity index (χ1n) is 29.2. The summed E-state index contributed by atoms with van der Waals surface area (Å²) in [7, 11) is 0. The van der Waals surface area contributed by atoms with E-state index in [0.29, 0.717) is 38.4 Å². The lowest BCUT2D eigenvalue weighted by Crippen LogP contribution is -2.71. The van der Waals surface area contributed by atoms with E-state index in [2.05, 4.69) is 21.5 Å². The summed E-state index contributed by atoms with van der Waals surface area (Å²) in [5.41, 5.74) is 8.54. The SMILES string of the molecule is CC1=NC2=CN(C(=O)OC(c3ccccc3)c3ccccc3)NN2C(SCC2=C(C(=O)OC(c3ccccc3)c3ccccc3)N3C(=O)[C@@H](NC(=O)C(NC(=O)OC(C)(C)C)c4csc(NC(c5ccccc5)(c5ccccc5)c5ccccc5)n4)[C@H]3SC2)=C1. The summed E-state index contributed by atoms with van der Waals surface area (Å²) < 4.78 is 18.4. The fraction of sp³-hybridized carbons (Fsp3) is 0.186. The maximum Gasteiger partial charge on any atom is 0.431 e. The van der Waals surface area contributed by atoms with Crippen LogP contribution in [0, 0.1) is 0 Å². The number of thioether (sulfide) groups is 2. The van der Waals surface area contributed by atoms with Crippen LogP contribution in [0.15, 0.2) is 257 Å². The number of nitrogens with one attached hydrogen (secondary N) is 4. The number of hydrogen-bond acceptors (Lipinski definition) is 16. The van der Waals surface area contributed by atoms with Gasteiger partial charge in [-0.2, -0.15) is 5.01 Å². The first-order valence-corrected chi connectivity index (χ1v) is 32.1. The normalized spacial score (nSPS) is 16.6. The number of alkyl carbamates (subject to hydrolysis) is 1. The molecule has 90 heavy (non-hydrogen) atoms. The molecule has 1 saturated heterocycles. The smallest absolute Gasteiger partial charge is 0.431 e. The lowest BCUT2D eigenvalue weighted by molar-refractivity contribution is -0.154. The number of β-lactam (4-membered cyclic amide) rings is 1. The molecule has 17 nitrogen and oxygen atoms in total. The Bertz CT molecular complexity index is 3870. The van der Waals surface area contributed by atoms with Crippen LogP contribution in [0.3, 0.4) is 0 Å². The van der Waals surface area contributed by atoms with Crippen LogP contribution >= 0.6 is 34.9 Å². The van der Waals surface area contributed by atoms with Crippen molar-refractivity contribution in [2.24, 2.45) is 4.99 Å². The van der Waals surface area contributed by atoms with Gasteiger partial charge in [0.05, 0.1) is 16.9 Å². The predicted octanol–water partition coefficient (Wildman–Crippen LogP) is 12.9. The zero-order valence-electron chi connectivity index (χ0n) is 49.5. The Morgan fingerprint density at radius 2 is 1.18 bits per heavy atom. The van der Waals surface area contributed by atoms with Crippen LogP contribution in [-0.4, -0.2) is 84.1 Å². The minimum Gasteiger partial charge on any atom is -0.448 e. The van der Waals surface area contributed by atoms with Crippen LogP contribution in [0.5, 0.6) is 0 Å². The summed E-state index contributed by atoms with van der Waals surface area (Å²) >= 11 is 4.00. The van der Waals surface area contributed by atoms with Crippen molar-refractivity contribution in [3.63, 3.8) is 0 Å². The van der Waals surface area contributed by atoms with E-state index in [4.69, 9.17) is 24.2 Å². The Morgan fingerprint density at radius 3 is 1.68 bits per heavy atom. The second-order valence-corrected chi connectivity index (χ2v) is 25.4. The minimum absolute atomic E-state index is 0.0426. The Kier molecular flexibility index (Phi) is 17.9. The third kappa shape index (κ3) is 13.0. The van der Waals surface area contributed by atoms with Gasteiger partial charge in [0.25, 0.3) is 5.91 Å². The molecular formula is C70H63N9O8S3. The van der Waals surface area contributed by atoms with Crippen LogP contribution < -0.4 is 21.5 Å². The molecule has 0 radical (unpaired) electrons. The van der Waals surface area contributed by atoms with Crippen LogP contribution in [0.25, 0.3) is 0 Å². The molecule has 3 atom stereocenters. The quantitative estimate of drug-likeness (QED) is 0.0258. The van der Waals surface area contributed by atoms with E-state index in [1.807, 2.05) is 225 Å². The van der Waals surface area contributed by atoms with Crippen molar-refractivity contribution in [3.8, 4) is 0 Å². The van der Waals surface area contributed by atoms with E-state index in [1.165, 1.54) is 44.8 Å². The van der Waals surface area contributed by atoms with E-state index in [1.54, 1.807) is 37.4 Å². The van der Waals surface area contributed by atoms with E-state index >= 15 is 14.4 Å². The molecule has 12 rings (SSSR count). The number of ether oxygens (including phenoxy) is 3. The number of aliphatic imine (C=N–C) groups is 1. The summed E-state index contributed by atoms with van der Waals surface area (Å²) in [6.07, 6.45) is 0.304. The Balaban J connectivity index is 0.824. The molecule has 8 aromatic rings. The molecule has 0 spiro atoms. The van der Waals surface area contributed by atoms with Crippen molar-refractivity contribution in [2.45, 2.75) is 68.5 Å². The van der Waals surface area contributed by atoms with Gasteiger partial charge in [-0.3, -0.25) is 14.5 Å². The van der Waals surface area contributed by atoms with Crippen LogP contribution in [0.4, 0.5) is 14.7 Å². The highest BCUT2D eigenvalue weighted by atomic mass is 32.2. The molecule has 20 heteroatoms. The summed E-state index contributed by atoms with van der Waals surface area (Å²) in [4.78, 5) is 84.2. The average Bonchev–Trinajstić information content (AvgIpc) is 0.940. The lowest BCUT2D eigenvalue weighted by Gasteiger charge is -2.50. The number of hydrogen-bond donors (Lipinski definition) is 4. The number of allylic oxidation sites excluding steroid dienone is 1. The number of anilines is 1. The van der Waals surface area contributed by atoms with Gasteiger partial charge in [0, 0.05) is 22.6 Å². The monoisotopic (exact) mass is 1250 g/mol. The molecule has 4 aliphatic heterocycles. The molecule has 1 fully saturated rings. The summed E-state index contributed by atoms with van der Waals surface area (Å²) in [5.74, 6) is -1.17. The largest absolute Gasteiger partial charge is 0.448 e. The number of nitrogens with zero attached hydrogens (tertiary/aromatic N) is 5. The van der Waals surface area contributed by atoms with Gasteiger partial charge in [-0.1, -0.05) is 212 Å². The van der Waals surface area contributed by atoms with Gasteiger partial charge >= 0.3 is 18.2 Å². The maximum absolute atomic E-state index is 15.3. The second-order valence-electron chi connectivity index (χ2n) is 22.5. The minimum atomic E-state index is -1.44. The summed E-state index contributed by atoms with van der Waals surface area (Å²) in [6, 6.07) is 65.1. The fourth-order valence-corrected chi connectivity index (χ4v) is 14.4. The lowest BCUT2D eigenvalue weighted by atomic mass is 9.77.